The maximum Gasteiger partial charge on any atom is 0.291 e. The molecule has 6 nitrogen and oxygen atoms in total. The zero-order valence-electron chi connectivity index (χ0n) is 17.4. The van der Waals surface area contributed by atoms with Crippen molar-refractivity contribution < 1.29 is 14.4 Å². The molecule has 154 valence electrons. The zero-order valence-corrected chi connectivity index (χ0v) is 17.4. The lowest BCUT2D eigenvalue weighted by molar-refractivity contribution is -0.153. The summed E-state index contributed by atoms with van der Waals surface area (Å²) in [5.74, 6) is -1.05. The molecule has 2 heterocycles. The summed E-state index contributed by atoms with van der Waals surface area (Å²) in [5, 5.41) is 2.96. The fourth-order valence-corrected chi connectivity index (χ4v) is 3.36. The third-order valence-corrected chi connectivity index (χ3v) is 5.67. The Morgan fingerprint density at radius 1 is 1.25 bits per heavy atom. The van der Waals surface area contributed by atoms with E-state index in [0.29, 0.717) is 25.9 Å². The monoisotopic (exact) mass is 387 g/mol. The maximum absolute atomic E-state index is 12.7. The predicted octanol–water partition coefficient (Wildman–Crippen LogP) is 2.91. The highest BCUT2D eigenvalue weighted by Crippen LogP contribution is 2.25. The minimum Gasteiger partial charge on any atom is -0.354 e. The molecule has 1 aromatic heterocycles. The first-order valence-corrected chi connectivity index (χ1v) is 10.4. The summed E-state index contributed by atoms with van der Waals surface area (Å²) in [6, 6.07) is 3.44. The van der Waals surface area contributed by atoms with Crippen molar-refractivity contribution in [3.63, 3.8) is 0 Å². The molecular formula is C22H33N3O3. The number of hydrogen-bond acceptors (Lipinski definition) is 4. The third-order valence-electron chi connectivity index (χ3n) is 5.67. The summed E-state index contributed by atoms with van der Waals surface area (Å²) >= 11 is 0. The number of hydrogen-bond donors (Lipinski definition) is 1. The highest BCUT2D eigenvalue weighted by molar-refractivity contribution is 6.38. The van der Waals surface area contributed by atoms with Gasteiger partial charge in [0.1, 0.15) is 6.04 Å². The molecule has 1 aromatic rings. The summed E-state index contributed by atoms with van der Waals surface area (Å²) in [6.07, 6.45) is 9.32. The molecule has 0 radical (unpaired) electrons. The van der Waals surface area contributed by atoms with Crippen molar-refractivity contribution in [2.45, 2.75) is 71.8 Å². The zero-order chi connectivity index (χ0) is 20.6. The van der Waals surface area contributed by atoms with E-state index in [0.717, 1.165) is 32.1 Å². The number of amides is 2. The molecule has 1 aliphatic heterocycles. The van der Waals surface area contributed by atoms with E-state index in [-0.39, 0.29) is 5.91 Å². The number of piperidine rings is 1. The molecule has 6 heteroatoms. The van der Waals surface area contributed by atoms with Crippen LogP contribution >= 0.6 is 0 Å². The van der Waals surface area contributed by atoms with Crippen molar-refractivity contribution in [1.82, 2.24) is 15.2 Å². The number of likely N-dealkylation sites (tertiary alicyclic amines) is 1. The predicted molar refractivity (Wildman–Crippen MR) is 109 cm³/mol. The number of rotatable bonds is 9. The Labute approximate surface area is 168 Å². The fraction of sp³-hybridized carbons (Fsp3) is 0.636. The topological polar surface area (TPSA) is 79.4 Å². The second-order valence-electron chi connectivity index (χ2n) is 8.19. The molecule has 0 aromatic carbocycles. The van der Waals surface area contributed by atoms with Crippen molar-refractivity contribution in [3.8, 4) is 0 Å². The van der Waals surface area contributed by atoms with Crippen LogP contribution in [0.4, 0.5) is 0 Å². The smallest absolute Gasteiger partial charge is 0.291 e. The van der Waals surface area contributed by atoms with Gasteiger partial charge in [0.25, 0.3) is 5.91 Å². The van der Waals surface area contributed by atoms with E-state index in [1.165, 1.54) is 10.5 Å². The molecule has 0 aliphatic carbocycles. The van der Waals surface area contributed by atoms with E-state index in [9.17, 15) is 14.4 Å². The number of carbonyl (C=O) groups excluding carboxylic acids is 3. The molecule has 1 saturated heterocycles. The van der Waals surface area contributed by atoms with Crippen LogP contribution < -0.4 is 5.32 Å². The summed E-state index contributed by atoms with van der Waals surface area (Å²) in [6.45, 7) is 6.52. The fourth-order valence-electron chi connectivity index (χ4n) is 3.36. The van der Waals surface area contributed by atoms with Gasteiger partial charge in [-0.3, -0.25) is 19.4 Å². The molecule has 0 saturated carbocycles. The van der Waals surface area contributed by atoms with Gasteiger partial charge in [0.2, 0.25) is 11.7 Å². The SMILES string of the molecule is CCC(C)(C)C(=O)C(=O)N1CCCC[C@H]1C(=O)NCCCCc1cccnc1. The number of carbonyl (C=O) groups is 3. The molecule has 1 N–H and O–H groups in total. The van der Waals surface area contributed by atoms with Gasteiger partial charge in [-0.05, 0) is 56.6 Å². The highest BCUT2D eigenvalue weighted by atomic mass is 16.2. The van der Waals surface area contributed by atoms with Crippen LogP contribution in [0.15, 0.2) is 24.5 Å². The van der Waals surface area contributed by atoms with Gasteiger partial charge >= 0.3 is 0 Å². The molecule has 28 heavy (non-hydrogen) atoms. The molecular weight excluding hydrogens is 354 g/mol. The van der Waals surface area contributed by atoms with Crippen LogP contribution in [0.1, 0.15) is 64.9 Å². The molecule has 0 unspecified atom stereocenters. The maximum atomic E-state index is 12.7. The van der Waals surface area contributed by atoms with Crippen LogP contribution in [0, 0.1) is 5.41 Å². The Hall–Kier alpha value is -2.24. The Kier molecular flexibility index (Phi) is 8.15. The van der Waals surface area contributed by atoms with Crippen LogP contribution in [0.3, 0.4) is 0 Å². The van der Waals surface area contributed by atoms with Gasteiger partial charge in [-0.25, -0.2) is 0 Å². The number of ketones is 1. The summed E-state index contributed by atoms with van der Waals surface area (Å²) in [5.41, 5.74) is 0.497. The van der Waals surface area contributed by atoms with Gasteiger partial charge in [-0.1, -0.05) is 26.8 Å². The Balaban J connectivity index is 1.84. The van der Waals surface area contributed by atoms with Gasteiger partial charge in [0.05, 0.1) is 0 Å². The van der Waals surface area contributed by atoms with E-state index in [4.69, 9.17) is 0 Å². The molecule has 2 rings (SSSR count). The first kappa shape index (κ1) is 22.1. The van der Waals surface area contributed by atoms with E-state index in [2.05, 4.69) is 10.3 Å². The minimum atomic E-state index is -0.693. The van der Waals surface area contributed by atoms with Crippen LogP contribution in [-0.4, -0.2) is 46.6 Å². The van der Waals surface area contributed by atoms with E-state index in [1.54, 1.807) is 20.0 Å². The molecule has 1 fully saturated rings. The largest absolute Gasteiger partial charge is 0.354 e. The minimum absolute atomic E-state index is 0.142. The Morgan fingerprint density at radius 3 is 2.71 bits per heavy atom. The lowest BCUT2D eigenvalue weighted by atomic mass is 9.84. The molecule has 2 amide bonds. The second-order valence-corrected chi connectivity index (χ2v) is 8.19. The summed E-state index contributed by atoms with van der Waals surface area (Å²) in [4.78, 5) is 43.6. The van der Waals surface area contributed by atoms with Crippen molar-refractivity contribution in [2.75, 3.05) is 13.1 Å². The quantitative estimate of drug-likeness (QED) is 0.522. The van der Waals surface area contributed by atoms with Crippen LogP contribution in [0.2, 0.25) is 0 Å². The standard InChI is InChI=1S/C22H33N3O3/c1-4-22(2,3)19(26)21(28)25-15-8-6-12-18(25)20(27)24-14-7-5-10-17-11-9-13-23-16-17/h9,11,13,16,18H,4-8,10,12,14-15H2,1-3H3,(H,24,27)/t18-/m0/s1. The average Bonchev–Trinajstić information content (AvgIpc) is 2.73. The van der Waals surface area contributed by atoms with Crippen molar-refractivity contribution in [3.05, 3.63) is 30.1 Å². The van der Waals surface area contributed by atoms with Crippen molar-refractivity contribution in [1.29, 1.82) is 0 Å². The summed E-state index contributed by atoms with van der Waals surface area (Å²) < 4.78 is 0. The van der Waals surface area contributed by atoms with E-state index in [1.807, 2.05) is 25.3 Å². The highest BCUT2D eigenvalue weighted by Gasteiger charge is 2.39. The van der Waals surface area contributed by atoms with Gasteiger partial charge in [0, 0.05) is 30.9 Å². The van der Waals surface area contributed by atoms with Gasteiger partial charge in [-0.15, -0.1) is 0 Å². The average molecular weight is 388 g/mol. The van der Waals surface area contributed by atoms with Gasteiger partial charge in [0.15, 0.2) is 0 Å². The van der Waals surface area contributed by atoms with Crippen LogP contribution in [-0.2, 0) is 20.8 Å². The Morgan fingerprint density at radius 2 is 2.04 bits per heavy atom. The van der Waals surface area contributed by atoms with Gasteiger partial charge < -0.3 is 10.2 Å². The lowest BCUT2D eigenvalue weighted by Crippen LogP contribution is -2.55. The van der Waals surface area contributed by atoms with Crippen LogP contribution in [0.5, 0.6) is 0 Å². The molecule has 0 spiro atoms. The number of Topliss-reactive ketones (excluding diaryl/α,β-unsaturated/α-hetero) is 1. The second kappa shape index (κ2) is 10.3. The third kappa shape index (κ3) is 5.88. The van der Waals surface area contributed by atoms with Gasteiger partial charge in [-0.2, -0.15) is 0 Å². The number of nitrogens with zero attached hydrogens (tertiary/aromatic N) is 2. The summed E-state index contributed by atoms with van der Waals surface area (Å²) in [7, 11) is 0. The number of unbranched alkanes of at least 4 members (excludes halogenated alkanes) is 1. The number of pyridine rings is 1. The van der Waals surface area contributed by atoms with Crippen molar-refractivity contribution >= 4 is 17.6 Å². The van der Waals surface area contributed by atoms with E-state index >= 15 is 0 Å². The van der Waals surface area contributed by atoms with E-state index < -0.39 is 23.1 Å². The lowest BCUT2D eigenvalue weighted by Gasteiger charge is -2.36. The molecule has 0 bridgehead atoms. The van der Waals surface area contributed by atoms with Crippen LogP contribution in [0.25, 0.3) is 0 Å². The molecule has 1 aliphatic rings. The first-order valence-electron chi connectivity index (χ1n) is 10.4. The normalized spacial score (nSPS) is 17.2. The number of aryl methyl sites for hydroxylation is 1. The Bertz CT molecular complexity index is 673. The molecule has 1 atom stereocenters. The number of aromatic nitrogens is 1. The van der Waals surface area contributed by atoms with Crippen molar-refractivity contribution in [2.24, 2.45) is 5.41 Å². The first-order chi connectivity index (χ1) is 13.4. The number of nitrogens with one attached hydrogen (secondary N) is 1.